The first-order valence-electron chi connectivity index (χ1n) is 9.73. The maximum absolute atomic E-state index is 2.68. The molecule has 0 radical (unpaired) electrons. The van der Waals surface area contributed by atoms with Crippen LogP contribution in [0, 0.1) is 19.3 Å². The van der Waals surface area contributed by atoms with E-state index < -0.39 is 0 Å². The van der Waals surface area contributed by atoms with Crippen LogP contribution in [0.15, 0.2) is 12.1 Å². The van der Waals surface area contributed by atoms with Crippen molar-refractivity contribution in [3.05, 3.63) is 34.4 Å². The molecule has 0 bridgehead atoms. The Labute approximate surface area is 157 Å². The van der Waals surface area contributed by atoms with Crippen LogP contribution in [0.4, 0.5) is 0 Å². The molecule has 0 amide bonds. The van der Waals surface area contributed by atoms with Gasteiger partial charge in [0.1, 0.15) is 0 Å². The Morgan fingerprint density at radius 3 is 1.83 bits per heavy atom. The van der Waals surface area contributed by atoms with Crippen molar-refractivity contribution in [2.24, 2.45) is 5.41 Å². The SMILES string of the molecule is CCC1(CCCc2cc(C)c(CCCC3(I)CC3)cc2C)CC1. The summed E-state index contributed by atoms with van der Waals surface area (Å²) < 4.78 is 0.679. The zero-order chi connectivity index (χ0) is 16.5. The van der Waals surface area contributed by atoms with Gasteiger partial charge in [0.2, 0.25) is 0 Å². The van der Waals surface area contributed by atoms with Gasteiger partial charge < -0.3 is 0 Å². The summed E-state index contributed by atoms with van der Waals surface area (Å²) in [6.07, 6.45) is 15.4. The molecule has 0 atom stereocenters. The number of alkyl halides is 1. The molecule has 2 aliphatic rings. The fourth-order valence-electron chi connectivity index (χ4n) is 4.07. The highest BCUT2D eigenvalue weighted by Gasteiger charge is 2.39. The third-order valence-electron chi connectivity index (χ3n) is 6.52. The van der Waals surface area contributed by atoms with Gasteiger partial charge in [0.05, 0.1) is 0 Å². The number of aryl methyl sites for hydroxylation is 4. The molecular weight excluding hydrogens is 391 g/mol. The Balaban J connectivity index is 1.51. The average molecular weight is 424 g/mol. The van der Waals surface area contributed by atoms with E-state index in [1.54, 1.807) is 11.1 Å². The summed E-state index contributed by atoms with van der Waals surface area (Å²) in [5, 5.41) is 0. The number of rotatable bonds is 9. The normalized spacial score (nSPS) is 20.5. The molecule has 0 heterocycles. The Kier molecular flexibility index (Phi) is 5.45. The number of hydrogen-bond donors (Lipinski definition) is 0. The molecule has 2 fully saturated rings. The van der Waals surface area contributed by atoms with E-state index in [0.29, 0.717) is 3.42 Å². The predicted octanol–water partition coefficient (Wildman–Crippen LogP) is 7.11. The van der Waals surface area contributed by atoms with Crippen LogP contribution in [-0.2, 0) is 12.8 Å². The summed E-state index contributed by atoms with van der Waals surface area (Å²) in [5.41, 5.74) is 7.01. The van der Waals surface area contributed by atoms with E-state index in [-0.39, 0.29) is 0 Å². The molecule has 1 heteroatoms. The molecule has 0 aliphatic heterocycles. The maximum atomic E-state index is 2.68. The largest absolute Gasteiger partial charge is 0.0789 e. The quantitative estimate of drug-likeness (QED) is 0.293. The minimum atomic E-state index is 0.679. The summed E-state index contributed by atoms with van der Waals surface area (Å²) in [5.74, 6) is 0. The van der Waals surface area contributed by atoms with Crippen LogP contribution in [0.2, 0.25) is 0 Å². The van der Waals surface area contributed by atoms with Gasteiger partial charge in [-0.1, -0.05) is 48.1 Å². The van der Waals surface area contributed by atoms with Crippen molar-refractivity contribution in [2.75, 3.05) is 0 Å². The third-order valence-corrected chi connectivity index (χ3v) is 8.14. The molecule has 0 nitrogen and oxygen atoms in total. The molecular formula is C22H33I. The highest BCUT2D eigenvalue weighted by molar-refractivity contribution is 14.1. The van der Waals surface area contributed by atoms with E-state index in [4.69, 9.17) is 0 Å². The van der Waals surface area contributed by atoms with Crippen molar-refractivity contribution < 1.29 is 0 Å². The van der Waals surface area contributed by atoms with E-state index in [9.17, 15) is 0 Å². The summed E-state index contributed by atoms with van der Waals surface area (Å²) in [6.45, 7) is 7.02. The van der Waals surface area contributed by atoms with Crippen molar-refractivity contribution in [3.63, 3.8) is 0 Å². The van der Waals surface area contributed by atoms with Crippen molar-refractivity contribution in [3.8, 4) is 0 Å². The standard InChI is InChI=1S/C22H33I/c1-4-21(11-12-21)9-5-7-19-15-18(3)20(16-17(19)2)8-6-10-22(23)13-14-22/h15-16H,4-14H2,1-3H3. The monoisotopic (exact) mass is 424 g/mol. The van der Waals surface area contributed by atoms with E-state index in [1.807, 2.05) is 0 Å². The Bertz CT molecular complexity index is 549. The molecule has 1 aromatic rings. The molecule has 0 saturated heterocycles. The lowest BCUT2D eigenvalue weighted by Crippen LogP contribution is -2.02. The van der Waals surface area contributed by atoms with Gasteiger partial charge in [-0.05, 0) is 106 Å². The van der Waals surface area contributed by atoms with E-state index in [0.717, 1.165) is 5.41 Å². The van der Waals surface area contributed by atoms with Gasteiger partial charge in [0.25, 0.3) is 0 Å². The smallest absolute Gasteiger partial charge is 0.0223 e. The molecule has 2 aliphatic carbocycles. The molecule has 0 unspecified atom stereocenters. The molecule has 0 aromatic heterocycles. The molecule has 2 saturated carbocycles. The molecule has 1 aromatic carbocycles. The third kappa shape index (κ3) is 4.74. The summed E-state index contributed by atoms with van der Waals surface area (Å²) >= 11 is 2.68. The van der Waals surface area contributed by atoms with Crippen LogP contribution in [0.1, 0.15) is 87.0 Å². The molecule has 0 spiro atoms. The van der Waals surface area contributed by atoms with Crippen molar-refractivity contribution in [2.45, 2.75) is 94.8 Å². The van der Waals surface area contributed by atoms with Gasteiger partial charge in [-0.3, -0.25) is 0 Å². The molecule has 0 N–H and O–H groups in total. The fraction of sp³-hybridized carbons (Fsp3) is 0.727. The fourth-order valence-corrected chi connectivity index (χ4v) is 4.72. The minimum absolute atomic E-state index is 0.679. The Morgan fingerprint density at radius 1 is 0.870 bits per heavy atom. The summed E-state index contributed by atoms with van der Waals surface area (Å²) in [7, 11) is 0. The first-order chi connectivity index (χ1) is 11.0. The van der Waals surface area contributed by atoms with Gasteiger partial charge in [0.15, 0.2) is 0 Å². The van der Waals surface area contributed by atoms with Crippen LogP contribution >= 0.6 is 22.6 Å². The topological polar surface area (TPSA) is 0 Å². The van der Waals surface area contributed by atoms with Crippen molar-refractivity contribution >= 4 is 22.6 Å². The summed E-state index contributed by atoms with van der Waals surface area (Å²) in [4.78, 5) is 0. The van der Waals surface area contributed by atoms with E-state index in [2.05, 4.69) is 55.5 Å². The zero-order valence-corrected chi connectivity index (χ0v) is 17.5. The number of hydrogen-bond acceptors (Lipinski definition) is 0. The zero-order valence-electron chi connectivity index (χ0n) is 15.3. The summed E-state index contributed by atoms with van der Waals surface area (Å²) in [6, 6.07) is 4.98. The first kappa shape index (κ1) is 17.8. The van der Waals surface area contributed by atoms with Crippen LogP contribution < -0.4 is 0 Å². The Hall–Kier alpha value is -0.0500. The van der Waals surface area contributed by atoms with Crippen LogP contribution in [0.25, 0.3) is 0 Å². The lowest BCUT2D eigenvalue weighted by molar-refractivity contribution is 0.433. The number of benzene rings is 1. The van der Waals surface area contributed by atoms with Gasteiger partial charge >= 0.3 is 0 Å². The lowest BCUT2D eigenvalue weighted by atomic mass is 9.91. The van der Waals surface area contributed by atoms with Crippen molar-refractivity contribution in [1.29, 1.82) is 0 Å². The van der Waals surface area contributed by atoms with Crippen LogP contribution in [0.5, 0.6) is 0 Å². The van der Waals surface area contributed by atoms with Crippen molar-refractivity contribution in [1.82, 2.24) is 0 Å². The van der Waals surface area contributed by atoms with Crippen LogP contribution in [0.3, 0.4) is 0 Å². The predicted molar refractivity (Wildman–Crippen MR) is 110 cm³/mol. The van der Waals surface area contributed by atoms with Gasteiger partial charge in [-0.15, -0.1) is 0 Å². The second kappa shape index (κ2) is 7.06. The second-order valence-corrected chi connectivity index (χ2v) is 10.7. The molecule has 3 rings (SSSR count). The maximum Gasteiger partial charge on any atom is 0.0223 e. The minimum Gasteiger partial charge on any atom is -0.0789 e. The van der Waals surface area contributed by atoms with E-state index in [1.165, 1.54) is 81.8 Å². The lowest BCUT2D eigenvalue weighted by Gasteiger charge is -2.15. The van der Waals surface area contributed by atoms with Gasteiger partial charge in [-0.25, -0.2) is 0 Å². The average Bonchev–Trinajstić information content (AvgIpc) is 3.43. The molecule has 128 valence electrons. The van der Waals surface area contributed by atoms with Gasteiger partial charge in [-0.2, -0.15) is 0 Å². The van der Waals surface area contributed by atoms with Gasteiger partial charge in [0, 0.05) is 3.42 Å². The first-order valence-corrected chi connectivity index (χ1v) is 10.8. The van der Waals surface area contributed by atoms with Crippen LogP contribution in [-0.4, -0.2) is 3.42 Å². The number of halogens is 1. The van der Waals surface area contributed by atoms with E-state index >= 15 is 0 Å². The highest BCUT2D eigenvalue weighted by atomic mass is 127. The Morgan fingerprint density at radius 2 is 1.39 bits per heavy atom. The highest BCUT2D eigenvalue weighted by Crippen LogP contribution is 2.52. The molecule has 23 heavy (non-hydrogen) atoms. The second-order valence-electron chi connectivity index (χ2n) is 8.42.